The second-order valence-corrected chi connectivity index (χ2v) is 22.8. The number of aliphatic hydroxyl groups is 2. The first-order valence-corrected chi connectivity index (χ1v) is 33.2. The lowest BCUT2D eigenvalue weighted by atomic mass is 10.0. The smallest absolute Gasteiger partial charge is 0.305 e. The molecule has 0 aliphatic heterocycles. The minimum atomic E-state index is -0.661. The number of hydrogen-bond donors (Lipinski definition) is 3. The summed E-state index contributed by atoms with van der Waals surface area (Å²) in [5.41, 5.74) is 0. The molecule has 0 bridgehead atoms. The van der Waals surface area contributed by atoms with Crippen molar-refractivity contribution >= 4 is 11.9 Å². The molecule has 0 saturated heterocycles. The second-order valence-electron chi connectivity index (χ2n) is 22.8. The van der Waals surface area contributed by atoms with Crippen LogP contribution in [0.1, 0.15) is 361 Å². The van der Waals surface area contributed by atoms with Crippen LogP contribution in [0.3, 0.4) is 0 Å². The lowest BCUT2D eigenvalue weighted by Crippen LogP contribution is -2.45. The monoisotopic (exact) mass is 1040 g/mol. The fraction of sp³-hybridized carbons (Fsp3) is 0.882. The summed E-state index contributed by atoms with van der Waals surface area (Å²) in [7, 11) is 0. The van der Waals surface area contributed by atoms with E-state index in [1.165, 1.54) is 276 Å². The normalized spacial score (nSPS) is 12.8. The maximum absolute atomic E-state index is 12.5. The highest BCUT2D eigenvalue weighted by Gasteiger charge is 2.20. The van der Waals surface area contributed by atoms with Gasteiger partial charge in [0, 0.05) is 12.8 Å². The number of ether oxygens (including phenoxy) is 1. The number of unbranched alkanes of at least 4 members (excludes halogenated alkanes) is 45. The summed E-state index contributed by atoms with van der Waals surface area (Å²) in [6, 6.07) is -0.538. The van der Waals surface area contributed by atoms with Crippen LogP contribution in [0.5, 0.6) is 0 Å². The maximum atomic E-state index is 12.5. The molecule has 0 aromatic heterocycles. The van der Waals surface area contributed by atoms with Gasteiger partial charge in [-0.15, -0.1) is 0 Å². The van der Waals surface area contributed by atoms with Crippen molar-refractivity contribution < 1.29 is 24.5 Å². The fourth-order valence-corrected chi connectivity index (χ4v) is 10.3. The van der Waals surface area contributed by atoms with Crippen LogP contribution < -0.4 is 5.32 Å². The third-order valence-electron chi connectivity index (χ3n) is 15.4. The largest absolute Gasteiger partial charge is 0.466 e. The van der Waals surface area contributed by atoms with Gasteiger partial charge in [-0.05, 0) is 77.0 Å². The molecule has 436 valence electrons. The van der Waals surface area contributed by atoms with Crippen LogP contribution in [0.4, 0.5) is 0 Å². The topological polar surface area (TPSA) is 95.9 Å². The molecule has 0 radical (unpaired) electrons. The number of allylic oxidation sites excluding steroid dienone is 6. The van der Waals surface area contributed by atoms with Gasteiger partial charge in [0.15, 0.2) is 0 Å². The number of rotatable bonds is 62. The average molecular weight is 1040 g/mol. The van der Waals surface area contributed by atoms with E-state index in [2.05, 4.69) is 55.6 Å². The highest BCUT2D eigenvalue weighted by Crippen LogP contribution is 2.18. The molecule has 0 spiro atoms. The van der Waals surface area contributed by atoms with Crippen molar-refractivity contribution in [3.05, 3.63) is 36.5 Å². The van der Waals surface area contributed by atoms with E-state index in [4.69, 9.17) is 4.74 Å². The molecule has 74 heavy (non-hydrogen) atoms. The van der Waals surface area contributed by atoms with Crippen LogP contribution in [0.15, 0.2) is 36.5 Å². The lowest BCUT2D eigenvalue weighted by Gasteiger charge is -2.22. The van der Waals surface area contributed by atoms with Crippen LogP contribution in [0, 0.1) is 0 Å². The Morgan fingerprint density at radius 2 is 0.703 bits per heavy atom. The Morgan fingerprint density at radius 3 is 1.09 bits per heavy atom. The molecular weight excluding hydrogens is 911 g/mol. The predicted octanol–water partition coefficient (Wildman–Crippen LogP) is 21.1. The summed E-state index contributed by atoms with van der Waals surface area (Å²) in [5, 5.41) is 23.2. The van der Waals surface area contributed by atoms with Gasteiger partial charge in [0.25, 0.3) is 0 Å². The lowest BCUT2D eigenvalue weighted by molar-refractivity contribution is -0.143. The quantitative estimate of drug-likeness (QED) is 0.0320. The molecule has 0 aromatic carbocycles. The van der Waals surface area contributed by atoms with Crippen molar-refractivity contribution in [2.45, 2.75) is 373 Å². The van der Waals surface area contributed by atoms with Crippen LogP contribution in [0.25, 0.3) is 0 Å². The van der Waals surface area contributed by atoms with Gasteiger partial charge in [0.1, 0.15) is 0 Å². The molecule has 0 rings (SSSR count). The number of carbonyl (C=O) groups excluding carboxylic acids is 2. The Kier molecular flexibility index (Phi) is 62.0. The van der Waals surface area contributed by atoms with E-state index < -0.39 is 12.1 Å². The molecule has 0 fully saturated rings. The highest BCUT2D eigenvalue weighted by atomic mass is 16.5. The molecule has 0 aromatic rings. The first-order chi connectivity index (χ1) is 36.5. The summed E-state index contributed by atoms with van der Waals surface area (Å²) in [4.78, 5) is 24.5. The number of aliphatic hydroxyl groups excluding tert-OH is 2. The van der Waals surface area contributed by atoms with Crippen molar-refractivity contribution in [3.8, 4) is 0 Å². The van der Waals surface area contributed by atoms with Gasteiger partial charge in [-0.25, -0.2) is 0 Å². The van der Waals surface area contributed by atoms with E-state index in [1.807, 2.05) is 0 Å². The van der Waals surface area contributed by atoms with Gasteiger partial charge < -0.3 is 20.3 Å². The molecule has 0 aliphatic rings. The summed E-state index contributed by atoms with van der Waals surface area (Å²) in [5.74, 6) is -0.0288. The molecule has 0 saturated carbocycles. The average Bonchev–Trinajstić information content (AvgIpc) is 3.40. The Hall–Kier alpha value is -1.92. The maximum Gasteiger partial charge on any atom is 0.305 e. The van der Waals surface area contributed by atoms with Gasteiger partial charge in [-0.3, -0.25) is 9.59 Å². The molecule has 0 aliphatic carbocycles. The minimum absolute atomic E-state index is 0.00281. The predicted molar refractivity (Wildman–Crippen MR) is 324 cm³/mol. The van der Waals surface area contributed by atoms with Crippen molar-refractivity contribution in [2.24, 2.45) is 0 Å². The zero-order valence-corrected chi connectivity index (χ0v) is 49.8. The second kappa shape index (κ2) is 63.6. The number of carbonyl (C=O) groups is 2. The summed E-state index contributed by atoms with van der Waals surface area (Å²) >= 11 is 0. The number of esters is 1. The van der Waals surface area contributed by atoms with E-state index in [0.717, 1.165) is 51.4 Å². The Labute approximate surface area is 462 Å². The molecule has 1 amide bonds. The first kappa shape index (κ1) is 72.1. The van der Waals surface area contributed by atoms with E-state index in [-0.39, 0.29) is 18.5 Å². The van der Waals surface area contributed by atoms with Gasteiger partial charge in [0.2, 0.25) is 5.91 Å². The van der Waals surface area contributed by atoms with E-state index >= 15 is 0 Å². The highest BCUT2D eigenvalue weighted by molar-refractivity contribution is 5.76. The molecule has 6 heteroatoms. The Morgan fingerprint density at radius 1 is 0.378 bits per heavy atom. The van der Waals surface area contributed by atoms with Crippen LogP contribution in [0.2, 0.25) is 0 Å². The molecule has 2 unspecified atom stereocenters. The van der Waals surface area contributed by atoms with Crippen LogP contribution >= 0.6 is 0 Å². The Bertz CT molecular complexity index is 1200. The van der Waals surface area contributed by atoms with Gasteiger partial charge >= 0.3 is 5.97 Å². The van der Waals surface area contributed by atoms with Crippen molar-refractivity contribution in [3.63, 3.8) is 0 Å². The van der Waals surface area contributed by atoms with Crippen LogP contribution in [-0.4, -0.2) is 47.4 Å². The van der Waals surface area contributed by atoms with E-state index in [1.54, 1.807) is 0 Å². The summed E-state index contributed by atoms with van der Waals surface area (Å²) in [6.07, 6.45) is 80.5. The van der Waals surface area contributed by atoms with Crippen LogP contribution in [-0.2, 0) is 14.3 Å². The Balaban J connectivity index is 3.34. The van der Waals surface area contributed by atoms with Crippen molar-refractivity contribution in [1.82, 2.24) is 5.32 Å². The third kappa shape index (κ3) is 59.3. The standard InChI is InChI=1S/C68H129NO5/c1-3-5-7-9-11-13-15-37-42-46-50-54-58-62-68(73)74-63-59-55-51-47-43-39-36-34-32-30-28-26-24-22-20-18-17-19-21-23-25-27-29-31-33-35-38-41-45-49-53-57-61-67(72)69-65(64-70)66(71)60-56-52-48-44-40-16-14-12-10-8-6-4-2/h7,9,13,15,20,22,65-66,70-71H,3-6,8,10-12,14,16-19,21,23-64H2,1-2H3,(H,69,72)/b9-7-,15-13-,22-20-. The molecule has 0 heterocycles. The molecule has 2 atom stereocenters. The van der Waals surface area contributed by atoms with Crippen molar-refractivity contribution in [2.75, 3.05) is 13.2 Å². The summed E-state index contributed by atoms with van der Waals surface area (Å²) < 4.78 is 5.47. The van der Waals surface area contributed by atoms with E-state index in [9.17, 15) is 19.8 Å². The van der Waals surface area contributed by atoms with E-state index in [0.29, 0.717) is 25.9 Å². The number of amides is 1. The minimum Gasteiger partial charge on any atom is -0.466 e. The zero-order chi connectivity index (χ0) is 53.6. The third-order valence-corrected chi connectivity index (χ3v) is 15.4. The zero-order valence-electron chi connectivity index (χ0n) is 49.8. The summed E-state index contributed by atoms with van der Waals surface area (Å²) in [6.45, 7) is 4.90. The first-order valence-electron chi connectivity index (χ1n) is 33.2. The molecular formula is C68H129NO5. The number of nitrogens with one attached hydrogen (secondary N) is 1. The SMILES string of the molecule is CCC/C=C\C/C=C\CCCCCCCC(=O)OCCCCCCCCCCCCCC/C=C\CCCCCCCCCCCCCCCCCCC(=O)NC(CO)C(O)CCCCCCCCCCCCCC. The van der Waals surface area contributed by atoms with Gasteiger partial charge in [0.05, 0.1) is 25.4 Å². The van der Waals surface area contributed by atoms with Crippen molar-refractivity contribution in [1.29, 1.82) is 0 Å². The molecule has 6 nitrogen and oxygen atoms in total. The van der Waals surface area contributed by atoms with Gasteiger partial charge in [-0.1, -0.05) is 307 Å². The fourth-order valence-electron chi connectivity index (χ4n) is 10.3. The molecule has 3 N–H and O–H groups in total. The van der Waals surface area contributed by atoms with Gasteiger partial charge in [-0.2, -0.15) is 0 Å². The number of hydrogen-bond acceptors (Lipinski definition) is 5.